The Labute approximate surface area is 171 Å². The van der Waals surface area contributed by atoms with Crippen LogP contribution in [0.5, 0.6) is 0 Å². The lowest BCUT2D eigenvalue weighted by molar-refractivity contribution is -0.136. The van der Waals surface area contributed by atoms with Gasteiger partial charge in [0.05, 0.1) is 11.4 Å². The fourth-order valence-electron chi connectivity index (χ4n) is 4.10. The molecular weight excluding hydrogens is 370 g/mol. The highest BCUT2D eigenvalue weighted by atomic mass is 32.1. The summed E-state index contributed by atoms with van der Waals surface area (Å²) in [5.41, 5.74) is 1.09. The standard InChI is InChI=1S/C22H31N3O2S/c1-4-24(5-2)15-20(26)25-13-9-8-10-16(25)14-18-17-11-6-7-12-19(17)28-21(18)22(27)23-3/h6-7,11-12,16H,4-5,8-10,13-15H2,1-3H3,(H,23,27)/t16-/m0/s1. The van der Waals surface area contributed by atoms with E-state index in [1.54, 1.807) is 18.4 Å². The molecule has 6 heteroatoms. The van der Waals surface area contributed by atoms with Gasteiger partial charge in [-0.2, -0.15) is 0 Å². The van der Waals surface area contributed by atoms with E-state index in [9.17, 15) is 9.59 Å². The van der Waals surface area contributed by atoms with Gasteiger partial charge in [-0.15, -0.1) is 11.3 Å². The number of thiophene rings is 1. The molecule has 1 saturated heterocycles. The second kappa shape index (κ2) is 9.52. The minimum atomic E-state index is -0.0342. The van der Waals surface area contributed by atoms with Gasteiger partial charge in [-0.25, -0.2) is 0 Å². The van der Waals surface area contributed by atoms with Crippen LogP contribution >= 0.6 is 11.3 Å². The molecule has 1 aliphatic heterocycles. The van der Waals surface area contributed by atoms with E-state index in [0.717, 1.165) is 65.8 Å². The Balaban J connectivity index is 1.88. The van der Waals surface area contributed by atoms with Crippen molar-refractivity contribution in [2.24, 2.45) is 0 Å². The number of fused-ring (bicyclic) bond motifs is 1. The van der Waals surface area contributed by atoms with Gasteiger partial charge in [0.15, 0.2) is 0 Å². The highest BCUT2D eigenvalue weighted by Gasteiger charge is 2.30. The first-order valence-electron chi connectivity index (χ1n) is 10.3. The molecule has 0 spiro atoms. The summed E-state index contributed by atoms with van der Waals surface area (Å²) >= 11 is 1.55. The summed E-state index contributed by atoms with van der Waals surface area (Å²) in [6.45, 7) is 7.26. The van der Waals surface area contributed by atoms with Crippen LogP contribution in [0.15, 0.2) is 24.3 Å². The van der Waals surface area contributed by atoms with Crippen molar-refractivity contribution in [1.82, 2.24) is 15.1 Å². The van der Waals surface area contributed by atoms with Gasteiger partial charge in [0.1, 0.15) is 0 Å². The van der Waals surface area contributed by atoms with Crippen LogP contribution in [0.4, 0.5) is 0 Å². The third kappa shape index (κ3) is 4.39. The van der Waals surface area contributed by atoms with Crippen LogP contribution in [0.1, 0.15) is 48.3 Å². The lowest BCUT2D eigenvalue weighted by Gasteiger charge is -2.37. The summed E-state index contributed by atoms with van der Waals surface area (Å²) in [5, 5.41) is 3.93. The SMILES string of the molecule is CCN(CC)CC(=O)N1CCCC[C@H]1Cc1c(C(=O)NC)sc2ccccc12. The van der Waals surface area contributed by atoms with E-state index in [1.165, 1.54) is 0 Å². The molecule has 152 valence electrons. The lowest BCUT2D eigenvalue weighted by atomic mass is 9.93. The molecule has 1 atom stereocenters. The first-order chi connectivity index (χ1) is 13.6. The fourth-order valence-corrected chi connectivity index (χ4v) is 5.28. The molecule has 3 rings (SSSR count). The van der Waals surface area contributed by atoms with Crippen molar-refractivity contribution in [3.63, 3.8) is 0 Å². The number of likely N-dealkylation sites (tertiary alicyclic amines) is 1. The van der Waals surface area contributed by atoms with E-state index >= 15 is 0 Å². The molecular formula is C22H31N3O2S. The number of nitrogens with zero attached hydrogens (tertiary/aromatic N) is 2. The molecule has 2 aromatic rings. The minimum Gasteiger partial charge on any atom is -0.354 e. The average Bonchev–Trinajstić information content (AvgIpc) is 3.10. The van der Waals surface area contributed by atoms with Crippen molar-refractivity contribution in [3.8, 4) is 0 Å². The van der Waals surface area contributed by atoms with Crippen molar-refractivity contribution >= 4 is 33.2 Å². The largest absolute Gasteiger partial charge is 0.354 e. The Morgan fingerprint density at radius 1 is 1.21 bits per heavy atom. The predicted octanol–water partition coefficient (Wildman–Crippen LogP) is 3.53. The maximum absolute atomic E-state index is 13.0. The first-order valence-corrected chi connectivity index (χ1v) is 11.1. The Kier molecular flexibility index (Phi) is 7.08. The lowest BCUT2D eigenvalue weighted by Crippen LogP contribution is -2.49. The van der Waals surface area contributed by atoms with Gasteiger partial charge in [0.2, 0.25) is 5.91 Å². The number of nitrogens with one attached hydrogen (secondary N) is 1. The zero-order valence-electron chi connectivity index (χ0n) is 17.2. The number of piperidine rings is 1. The van der Waals surface area contributed by atoms with Gasteiger partial charge in [-0.3, -0.25) is 14.5 Å². The third-order valence-corrected chi connectivity index (χ3v) is 6.98. The van der Waals surface area contributed by atoms with E-state index in [0.29, 0.717) is 6.54 Å². The number of likely N-dealkylation sites (N-methyl/N-ethyl adjacent to an activating group) is 1. The maximum Gasteiger partial charge on any atom is 0.261 e. The number of hydrogen-bond acceptors (Lipinski definition) is 4. The van der Waals surface area contributed by atoms with Crippen LogP contribution in [0.3, 0.4) is 0 Å². The molecule has 1 N–H and O–H groups in total. The van der Waals surface area contributed by atoms with Crippen LogP contribution in [0, 0.1) is 0 Å². The molecule has 0 unspecified atom stereocenters. The zero-order chi connectivity index (χ0) is 20.1. The van der Waals surface area contributed by atoms with Gasteiger partial charge >= 0.3 is 0 Å². The molecule has 0 radical (unpaired) electrons. The van der Waals surface area contributed by atoms with Crippen molar-refractivity contribution in [1.29, 1.82) is 0 Å². The van der Waals surface area contributed by atoms with Crippen LogP contribution in [-0.4, -0.2) is 60.9 Å². The Bertz CT molecular complexity index is 828. The minimum absolute atomic E-state index is 0.0342. The molecule has 5 nitrogen and oxygen atoms in total. The number of carbonyl (C=O) groups is 2. The summed E-state index contributed by atoms with van der Waals surface area (Å²) in [6, 6.07) is 8.37. The molecule has 1 aliphatic rings. The normalized spacial score (nSPS) is 17.3. The molecule has 2 heterocycles. The van der Waals surface area contributed by atoms with Gasteiger partial charge < -0.3 is 10.2 Å². The van der Waals surface area contributed by atoms with Crippen molar-refractivity contribution in [3.05, 3.63) is 34.7 Å². The first kappa shape index (κ1) is 20.8. The summed E-state index contributed by atoms with van der Waals surface area (Å²) in [4.78, 5) is 30.5. The van der Waals surface area contributed by atoms with E-state index in [4.69, 9.17) is 0 Å². The second-order valence-corrected chi connectivity index (χ2v) is 8.44. The number of amides is 2. The van der Waals surface area contributed by atoms with E-state index in [2.05, 4.69) is 41.1 Å². The molecule has 0 bridgehead atoms. The van der Waals surface area contributed by atoms with Crippen molar-refractivity contribution in [2.75, 3.05) is 33.2 Å². The van der Waals surface area contributed by atoms with Gasteiger partial charge in [-0.05, 0) is 55.8 Å². The van der Waals surface area contributed by atoms with Crippen molar-refractivity contribution in [2.45, 2.75) is 45.6 Å². The number of hydrogen-bond donors (Lipinski definition) is 1. The van der Waals surface area contributed by atoms with E-state index < -0.39 is 0 Å². The summed E-state index contributed by atoms with van der Waals surface area (Å²) in [7, 11) is 1.68. The maximum atomic E-state index is 13.0. The van der Waals surface area contributed by atoms with Crippen LogP contribution in [-0.2, 0) is 11.2 Å². The quantitative estimate of drug-likeness (QED) is 0.772. The predicted molar refractivity (Wildman–Crippen MR) is 116 cm³/mol. The van der Waals surface area contributed by atoms with E-state index in [-0.39, 0.29) is 17.9 Å². The van der Waals surface area contributed by atoms with Gasteiger partial charge in [0, 0.05) is 24.3 Å². The number of carbonyl (C=O) groups excluding carboxylic acids is 2. The monoisotopic (exact) mass is 401 g/mol. The molecule has 1 aromatic heterocycles. The molecule has 0 saturated carbocycles. The molecule has 0 aliphatic carbocycles. The third-order valence-electron chi connectivity index (χ3n) is 5.77. The summed E-state index contributed by atoms with van der Waals surface area (Å²) in [5.74, 6) is 0.183. The Morgan fingerprint density at radius 3 is 2.68 bits per heavy atom. The number of rotatable bonds is 7. The smallest absolute Gasteiger partial charge is 0.261 e. The van der Waals surface area contributed by atoms with E-state index in [1.807, 2.05) is 12.1 Å². The topological polar surface area (TPSA) is 52.7 Å². The summed E-state index contributed by atoms with van der Waals surface area (Å²) in [6.07, 6.45) is 3.95. The zero-order valence-corrected chi connectivity index (χ0v) is 18.0. The number of benzene rings is 1. The second-order valence-electron chi connectivity index (χ2n) is 7.39. The molecule has 2 amide bonds. The van der Waals surface area contributed by atoms with Crippen molar-refractivity contribution < 1.29 is 9.59 Å². The van der Waals surface area contributed by atoms with Crippen LogP contribution in [0.2, 0.25) is 0 Å². The molecule has 1 fully saturated rings. The Morgan fingerprint density at radius 2 is 1.96 bits per heavy atom. The Hall–Kier alpha value is -1.92. The average molecular weight is 402 g/mol. The fraction of sp³-hybridized carbons (Fsp3) is 0.545. The summed E-state index contributed by atoms with van der Waals surface area (Å²) < 4.78 is 1.13. The van der Waals surface area contributed by atoms with Gasteiger partial charge in [0.25, 0.3) is 5.91 Å². The van der Waals surface area contributed by atoms with Crippen LogP contribution in [0.25, 0.3) is 10.1 Å². The molecule has 1 aromatic carbocycles. The molecule has 28 heavy (non-hydrogen) atoms. The highest BCUT2D eigenvalue weighted by Crippen LogP contribution is 2.34. The van der Waals surface area contributed by atoms with Crippen LogP contribution < -0.4 is 5.32 Å². The highest BCUT2D eigenvalue weighted by molar-refractivity contribution is 7.21. The van der Waals surface area contributed by atoms with Gasteiger partial charge in [-0.1, -0.05) is 32.0 Å².